The minimum Gasteiger partial charge on any atom is -0.280 e. The molecule has 146 valence electrons. The number of sulfonamides is 1. The van der Waals surface area contributed by atoms with Gasteiger partial charge in [0.05, 0.1) is 17.0 Å². The van der Waals surface area contributed by atoms with Crippen molar-refractivity contribution in [1.29, 1.82) is 0 Å². The fourth-order valence-electron chi connectivity index (χ4n) is 3.35. The molecule has 1 aromatic rings. The number of nitrogens with zero attached hydrogens (tertiary/aromatic N) is 1. The summed E-state index contributed by atoms with van der Waals surface area (Å²) in [5.74, 6) is 0. The van der Waals surface area contributed by atoms with Crippen LogP contribution in [-0.2, 0) is 14.9 Å². The Bertz CT molecular complexity index is 654. The molecule has 0 radical (unpaired) electrons. The lowest BCUT2D eigenvalue weighted by molar-refractivity contribution is -0.0866. The number of hydroxylamine groups is 1. The number of hydrogen-bond donors (Lipinski definition) is 0. The van der Waals surface area contributed by atoms with Crippen LogP contribution in [0.15, 0.2) is 41.8 Å². The number of unbranched alkanes of at least 4 members (excludes halogenated alkanes) is 6. The van der Waals surface area contributed by atoms with Crippen molar-refractivity contribution in [2.45, 2.75) is 88.7 Å². The van der Waals surface area contributed by atoms with Crippen LogP contribution in [0, 0.1) is 6.92 Å². The fraction of sp³-hybridized carbons (Fsp3) is 0.619. The van der Waals surface area contributed by atoms with Gasteiger partial charge >= 0.3 is 0 Å². The summed E-state index contributed by atoms with van der Waals surface area (Å²) in [7, 11) is -3.66. The number of rotatable bonds is 11. The van der Waals surface area contributed by atoms with Gasteiger partial charge in [-0.3, -0.25) is 4.84 Å². The van der Waals surface area contributed by atoms with Crippen LogP contribution in [0.3, 0.4) is 0 Å². The molecule has 1 saturated heterocycles. The lowest BCUT2D eigenvalue weighted by atomic mass is 10.0. The molecule has 0 amide bonds. The molecule has 1 fully saturated rings. The summed E-state index contributed by atoms with van der Waals surface area (Å²) < 4.78 is 26.9. The highest BCUT2D eigenvalue weighted by atomic mass is 32.2. The van der Waals surface area contributed by atoms with Gasteiger partial charge < -0.3 is 0 Å². The van der Waals surface area contributed by atoms with E-state index in [1.165, 1.54) is 38.5 Å². The number of aryl methyl sites for hydroxylation is 1. The van der Waals surface area contributed by atoms with Crippen LogP contribution in [-0.4, -0.2) is 25.0 Å². The zero-order valence-electron chi connectivity index (χ0n) is 16.2. The number of benzene rings is 1. The Balaban J connectivity index is 1.88. The summed E-state index contributed by atoms with van der Waals surface area (Å²) in [4.78, 5) is 6.10. The van der Waals surface area contributed by atoms with E-state index in [-0.39, 0.29) is 17.0 Å². The summed E-state index contributed by atoms with van der Waals surface area (Å²) in [6, 6.07) is 6.59. The third-order valence-corrected chi connectivity index (χ3v) is 6.68. The molecule has 0 unspecified atom stereocenters. The summed E-state index contributed by atoms with van der Waals surface area (Å²) in [6.07, 6.45) is 11.9. The molecule has 0 aliphatic carbocycles. The molecule has 1 aliphatic rings. The molecule has 5 heteroatoms. The molecule has 0 aromatic heterocycles. The van der Waals surface area contributed by atoms with Crippen molar-refractivity contribution in [2.75, 3.05) is 0 Å². The normalized spacial score (nSPS) is 21.2. The Morgan fingerprint density at radius 3 is 2.35 bits per heavy atom. The average Bonchev–Trinajstić information content (AvgIpc) is 3.05. The predicted octanol–water partition coefficient (Wildman–Crippen LogP) is 5.38. The largest absolute Gasteiger partial charge is 0.280 e. The molecule has 0 N–H and O–H groups in total. The minimum atomic E-state index is -3.66. The van der Waals surface area contributed by atoms with Crippen molar-refractivity contribution in [3.8, 4) is 0 Å². The van der Waals surface area contributed by atoms with Gasteiger partial charge in [0.15, 0.2) is 0 Å². The van der Waals surface area contributed by atoms with Crippen molar-refractivity contribution in [2.24, 2.45) is 0 Å². The Morgan fingerprint density at radius 2 is 1.73 bits per heavy atom. The Hall–Kier alpha value is -1.17. The maximum Gasteiger partial charge on any atom is 0.265 e. The van der Waals surface area contributed by atoms with Gasteiger partial charge in [-0.2, -0.15) is 0 Å². The van der Waals surface area contributed by atoms with Crippen LogP contribution in [0.4, 0.5) is 0 Å². The Kier molecular flexibility index (Phi) is 8.32. The first-order chi connectivity index (χ1) is 12.5. The second-order valence-electron chi connectivity index (χ2n) is 7.25. The van der Waals surface area contributed by atoms with Crippen molar-refractivity contribution < 1.29 is 13.3 Å². The van der Waals surface area contributed by atoms with E-state index in [0.29, 0.717) is 6.42 Å². The Labute approximate surface area is 159 Å². The molecule has 0 saturated carbocycles. The molecule has 1 aliphatic heterocycles. The third-order valence-electron chi connectivity index (χ3n) is 4.99. The second-order valence-corrected chi connectivity index (χ2v) is 9.03. The highest BCUT2D eigenvalue weighted by molar-refractivity contribution is 7.89. The minimum absolute atomic E-state index is 0.0473. The first-order valence-electron chi connectivity index (χ1n) is 9.89. The average molecular weight is 380 g/mol. The quantitative estimate of drug-likeness (QED) is 0.383. The molecule has 4 nitrogen and oxygen atoms in total. The molecule has 0 spiro atoms. The van der Waals surface area contributed by atoms with Crippen molar-refractivity contribution in [3.63, 3.8) is 0 Å². The third kappa shape index (κ3) is 5.66. The Morgan fingerprint density at radius 1 is 1.12 bits per heavy atom. The van der Waals surface area contributed by atoms with Gasteiger partial charge in [-0.15, -0.1) is 6.58 Å². The highest BCUT2D eigenvalue weighted by Crippen LogP contribution is 2.31. The van der Waals surface area contributed by atoms with Crippen molar-refractivity contribution >= 4 is 10.0 Å². The van der Waals surface area contributed by atoms with E-state index in [0.717, 1.165) is 22.9 Å². The van der Waals surface area contributed by atoms with Crippen molar-refractivity contribution in [1.82, 2.24) is 4.47 Å². The molecule has 2 atom stereocenters. The highest BCUT2D eigenvalue weighted by Gasteiger charge is 2.40. The lowest BCUT2D eigenvalue weighted by Crippen LogP contribution is -2.33. The van der Waals surface area contributed by atoms with Gasteiger partial charge in [0.2, 0.25) is 0 Å². The van der Waals surface area contributed by atoms with Crippen LogP contribution < -0.4 is 0 Å². The van der Waals surface area contributed by atoms with E-state index in [2.05, 4.69) is 13.5 Å². The standard InChI is InChI=1S/C21H33NO3S/c1-4-6-7-8-9-10-11-12-20-17-19(5-2)22(25-20)26(23,24)21-15-13-18(3)14-16-21/h5,13-16,19-20H,2,4,6-12,17H2,1,3H3/t19-,20+/m0/s1. The van der Waals surface area contributed by atoms with Crippen LogP contribution in [0.5, 0.6) is 0 Å². The zero-order valence-corrected chi connectivity index (χ0v) is 17.0. The lowest BCUT2D eigenvalue weighted by Gasteiger charge is -2.20. The van der Waals surface area contributed by atoms with Crippen LogP contribution >= 0.6 is 0 Å². The monoisotopic (exact) mass is 379 g/mol. The first kappa shape index (κ1) is 21.1. The maximum atomic E-state index is 12.9. The van der Waals surface area contributed by atoms with E-state index in [1.807, 2.05) is 19.1 Å². The van der Waals surface area contributed by atoms with E-state index < -0.39 is 10.0 Å². The van der Waals surface area contributed by atoms with Gasteiger partial charge in [0.1, 0.15) is 0 Å². The predicted molar refractivity (Wildman–Crippen MR) is 106 cm³/mol. The summed E-state index contributed by atoms with van der Waals surface area (Å²) in [5, 5.41) is 0. The van der Waals surface area contributed by atoms with E-state index in [1.54, 1.807) is 18.2 Å². The van der Waals surface area contributed by atoms with Crippen LogP contribution in [0.2, 0.25) is 0 Å². The molecule has 1 aromatic carbocycles. The van der Waals surface area contributed by atoms with E-state index in [9.17, 15) is 8.42 Å². The van der Waals surface area contributed by atoms with Crippen molar-refractivity contribution in [3.05, 3.63) is 42.5 Å². The maximum absolute atomic E-state index is 12.9. The topological polar surface area (TPSA) is 46.6 Å². The van der Waals surface area contributed by atoms with Gasteiger partial charge in [-0.1, -0.05) is 80.1 Å². The van der Waals surface area contributed by atoms with Crippen LogP contribution in [0.1, 0.15) is 70.3 Å². The van der Waals surface area contributed by atoms with Gasteiger partial charge in [0, 0.05) is 0 Å². The van der Waals surface area contributed by atoms with Gasteiger partial charge in [-0.05, 0) is 31.9 Å². The number of hydrogen-bond acceptors (Lipinski definition) is 3. The van der Waals surface area contributed by atoms with E-state index >= 15 is 0 Å². The van der Waals surface area contributed by atoms with Gasteiger partial charge in [0.25, 0.3) is 10.0 Å². The molecule has 1 heterocycles. The molecule has 26 heavy (non-hydrogen) atoms. The zero-order chi connectivity index (χ0) is 19.0. The molecular weight excluding hydrogens is 346 g/mol. The molecule has 2 rings (SSSR count). The summed E-state index contributed by atoms with van der Waals surface area (Å²) >= 11 is 0. The summed E-state index contributed by atoms with van der Waals surface area (Å²) in [5.41, 5.74) is 1.03. The summed E-state index contributed by atoms with van der Waals surface area (Å²) in [6.45, 7) is 7.96. The van der Waals surface area contributed by atoms with Gasteiger partial charge in [-0.25, -0.2) is 8.42 Å². The van der Waals surface area contributed by atoms with Crippen LogP contribution in [0.25, 0.3) is 0 Å². The molecular formula is C21H33NO3S. The molecule has 0 bridgehead atoms. The first-order valence-corrected chi connectivity index (χ1v) is 11.3. The fourth-order valence-corrected chi connectivity index (χ4v) is 4.81. The smallest absolute Gasteiger partial charge is 0.265 e. The van der Waals surface area contributed by atoms with E-state index in [4.69, 9.17) is 4.84 Å². The SMILES string of the molecule is C=C[C@H]1C[C@@H](CCCCCCCCC)ON1S(=O)(=O)c1ccc(C)cc1. The second kappa shape index (κ2) is 10.2.